The summed E-state index contributed by atoms with van der Waals surface area (Å²) in [5.41, 5.74) is 4.68. The number of aryl methyl sites for hydroxylation is 1. The predicted molar refractivity (Wildman–Crippen MR) is 115 cm³/mol. The first-order chi connectivity index (χ1) is 13.3. The van der Waals surface area contributed by atoms with E-state index >= 15 is 4.39 Å². The maximum Gasteiger partial charge on any atom is 0.328 e. The zero-order chi connectivity index (χ0) is 20.7. The summed E-state index contributed by atoms with van der Waals surface area (Å²) in [6.07, 6.45) is 8.69. The average Bonchev–Trinajstić information content (AvgIpc) is 2.65. The molecule has 152 valence electrons. The minimum Gasteiger partial charge on any atom is -0.478 e. The van der Waals surface area contributed by atoms with E-state index in [0.29, 0.717) is 23.6 Å². The number of rotatable bonds is 8. The van der Waals surface area contributed by atoms with Crippen LogP contribution in [0.15, 0.2) is 47.8 Å². The number of carboxylic acids is 1. The maximum absolute atomic E-state index is 15.0. The Morgan fingerprint density at radius 2 is 2.07 bits per heavy atom. The first kappa shape index (κ1) is 21.9. The summed E-state index contributed by atoms with van der Waals surface area (Å²) in [4.78, 5) is 13.2. The Bertz CT molecular complexity index is 790. The number of hydrogen-bond acceptors (Lipinski definition) is 2. The number of anilines is 1. The Kier molecular flexibility index (Phi) is 8.04. The van der Waals surface area contributed by atoms with Crippen molar-refractivity contribution in [2.24, 2.45) is 0 Å². The van der Waals surface area contributed by atoms with Crippen LogP contribution in [-0.2, 0) is 11.2 Å². The number of halogens is 1. The standard InChI is InChI=1S/C24H32FNO2/c1-5-6-9-21(22(25)12-10-18(4)15-24(27)28)19-11-13-23-20(16-19)8-7-14-26(23)17(2)3/h10-13,15-17H,5-9,14H2,1-4H3,(H,27,28)/b12-10+,18-15+,22-21+. The molecule has 2 rings (SSSR count). The van der Waals surface area contributed by atoms with E-state index in [9.17, 15) is 4.79 Å². The summed E-state index contributed by atoms with van der Waals surface area (Å²) in [6.45, 7) is 9.22. The molecular formula is C24H32FNO2. The Labute approximate surface area is 168 Å². The van der Waals surface area contributed by atoms with Gasteiger partial charge in [0.05, 0.1) is 0 Å². The number of hydrogen-bond donors (Lipinski definition) is 1. The molecule has 0 aliphatic carbocycles. The third-order valence-electron chi connectivity index (χ3n) is 5.12. The molecule has 1 heterocycles. The number of benzene rings is 1. The minimum atomic E-state index is -1.03. The fourth-order valence-electron chi connectivity index (χ4n) is 3.65. The zero-order valence-electron chi connectivity index (χ0n) is 17.5. The van der Waals surface area contributed by atoms with Crippen LogP contribution >= 0.6 is 0 Å². The topological polar surface area (TPSA) is 40.5 Å². The molecule has 0 aromatic heterocycles. The largest absolute Gasteiger partial charge is 0.478 e. The van der Waals surface area contributed by atoms with Crippen LogP contribution in [-0.4, -0.2) is 23.7 Å². The second-order valence-electron chi connectivity index (χ2n) is 7.72. The second-order valence-corrected chi connectivity index (χ2v) is 7.72. The minimum absolute atomic E-state index is 0.289. The number of carbonyl (C=O) groups is 1. The summed E-state index contributed by atoms with van der Waals surface area (Å²) in [5, 5.41) is 8.81. The van der Waals surface area contributed by atoms with E-state index in [1.165, 1.54) is 23.4 Å². The van der Waals surface area contributed by atoms with Crippen LogP contribution in [0.2, 0.25) is 0 Å². The van der Waals surface area contributed by atoms with Crippen LogP contribution in [0.5, 0.6) is 0 Å². The van der Waals surface area contributed by atoms with E-state index in [0.717, 1.165) is 43.9 Å². The number of unbranched alkanes of at least 4 members (excludes halogenated alkanes) is 1. The van der Waals surface area contributed by atoms with E-state index in [1.807, 2.05) is 6.07 Å². The normalized spacial score (nSPS) is 15.8. The molecule has 0 saturated carbocycles. The van der Waals surface area contributed by atoms with Gasteiger partial charge in [-0.1, -0.05) is 25.5 Å². The lowest BCUT2D eigenvalue weighted by atomic mass is 9.93. The van der Waals surface area contributed by atoms with Crippen molar-refractivity contribution in [2.75, 3.05) is 11.4 Å². The van der Waals surface area contributed by atoms with Crippen molar-refractivity contribution in [3.8, 4) is 0 Å². The molecule has 0 unspecified atom stereocenters. The van der Waals surface area contributed by atoms with Gasteiger partial charge in [0, 0.05) is 24.4 Å². The molecule has 1 aliphatic rings. The van der Waals surface area contributed by atoms with Crippen molar-refractivity contribution in [3.05, 3.63) is 59.0 Å². The van der Waals surface area contributed by atoms with Crippen LogP contribution in [0.3, 0.4) is 0 Å². The highest BCUT2D eigenvalue weighted by molar-refractivity contribution is 5.81. The van der Waals surface area contributed by atoms with Crippen LogP contribution in [0.1, 0.15) is 64.5 Å². The van der Waals surface area contributed by atoms with Crippen LogP contribution in [0.25, 0.3) is 5.57 Å². The second kappa shape index (κ2) is 10.3. The molecule has 0 atom stereocenters. The van der Waals surface area contributed by atoms with Crippen molar-refractivity contribution in [1.29, 1.82) is 0 Å². The summed E-state index contributed by atoms with van der Waals surface area (Å²) in [5.74, 6) is -1.31. The van der Waals surface area contributed by atoms with Gasteiger partial charge in [0.1, 0.15) is 5.83 Å². The molecule has 0 amide bonds. The van der Waals surface area contributed by atoms with Gasteiger partial charge in [-0.15, -0.1) is 0 Å². The monoisotopic (exact) mass is 385 g/mol. The molecule has 0 spiro atoms. The Morgan fingerprint density at radius 3 is 2.71 bits per heavy atom. The quantitative estimate of drug-likeness (QED) is 0.421. The highest BCUT2D eigenvalue weighted by Gasteiger charge is 2.20. The van der Waals surface area contributed by atoms with E-state index in [2.05, 4.69) is 37.8 Å². The molecule has 1 aromatic rings. The lowest BCUT2D eigenvalue weighted by molar-refractivity contribution is -0.131. The molecule has 0 bridgehead atoms. The number of aliphatic carboxylic acids is 1. The maximum atomic E-state index is 15.0. The average molecular weight is 386 g/mol. The van der Waals surface area contributed by atoms with Crippen LogP contribution < -0.4 is 4.90 Å². The van der Waals surface area contributed by atoms with Crippen molar-refractivity contribution in [3.63, 3.8) is 0 Å². The summed E-state index contributed by atoms with van der Waals surface area (Å²) in [7, 11) is 0. The molecule has 4 heteroatoms. The SMILES string of the molecule is CCCC/C(=C(F)/C=C/C(C)=C/C(=O)O)c1ccc2c(c1)CCCN2C(C)C. The van der Waals surface area contributed by atoms with Gasteiger partial charge in [0.2, 0.25) is 0 Å². The first-order valence-electron chi connectivity index (χ1n) is 10.2. The highest BCUT2D eigenvalue weighted by atomic mass is 19.1. The Balaban J connectivity index is 2.40. The molecule has 1 N–H and O–H groups in total. The van der Waals surface area contributed by atoms with Gasteiger partial charge >= 0.3 is 5.97 Å². The Hall–Kier alpha value is -2.36. The van der Waals surface area contributed by atoms with Crippen LogP contribution in [0.4, 0.5) is 10.1 Å². The lowest BCUT2D eigenvalue weighted by Crippen LogP contribution is -2.35. The molecule has 1 aromatic carbocycles. The number of allylic oxidation sites excluding steroid dienone is 5. The molecule has 0 fully saturated rings. The highest BCUT2D eigenvalue weighted by Crippen LogP contribution is 2.34. The van der Waals surface area contributed by atoms with Gasteiger partial charge in [0.15, 0.2) is 0 Å². The van der Waals surface area contributed by atoms with Crippen molar-refractivity contribution in [1.82, 2.24) is 0 Å². The van der Waals surface area contributed by atoms with Crippen molar-refractivity contribution >= 4 is 17.2 Å². The summed E-state index contributed by atoms with van der Waals surface area (Å²) in [6, 6.07) is 6.74. The third-order valence-corrected chi connectivity index (χ3v) is 5.12. The molecular weight excluding hydrogens is 353 g/mol. The molecule has 1 aliphatic heterocycles. The van der Waals surface area contributed by atoms with E-state index in [1.54, 1.807) is 6.92 Å². The van der Waals surface area contributed by atoms with Crippen LogP contribution in [0, 0.1) is 0 Å². The Morgan fingerprint density at radius 1 is 1.32 bits per heavy atom. The zero-order valence-corrected chi connectivity index (χ0v) is 17.5. The van der Waals surface area contributed by atoms with Gasteiger partial charge < -0.3 is 10.0 Å². The lowest BCUT2D eigenvalue weighted by Gasteiger charge is -2.35. The first-order valence-corrected chi connectivity index (χ1v) is 10.2. The summed E-state index contributed by atoms with van der Waals surface area (Å²) >= 11 is 0. The predicted octanol–water partition coefficient (Wildman–Crippen LogP) is 6.31. The van der Waals surface area contributed by atoms with E-state index < -0.39 is 5.97 Å². The van der Waals surface area contributed by atoms with Gasteiger partial charge in [0.25, 0.3) is 0 Å². The van der Waals surface area contributed by atoms with Crippen molar-refractivity contribution < 1.29 is 14.3 Å². The van der Waals surface area contributed by atoms with Gasteiger partial charge in [-0.3, -0.25) is 0 Å². The molecule has 28 heavy (non-hydrogen) atoms. The fourth-order valence-corrected chi connectivity index (χ4v) is 3.65. The summed E-state index contributed by atoms with van der Waals surface area (Å²) < 4.78 is 15.0. The number of nitrogens with zero attached hydrogens (tertiary/aromatic N) is 1. The van der Waals surface area contributed by atoms with Gasteiger partial charge in [-0.2, -0.15) is 0 Å². The van der Waals surface area contributed by atoms with E-state index in [4.69, 9.17) is 5.11 Å². The van der Waals surface area contributed by atoms with E-state index in [-0.39, 0.29) is 5.83 Å². The van der Waals surface area contributed by atoms with Crippen molar-refractivity contribution in [2.45, 2.75) is 65.8 Å². The van der Waals surface area contributed by atoms with Gasteiger partial charge in [-0.25, -0.2) is 9.18 Å². The number of carboxylic acid groups (broad SMARTS) is 1. The molecule has 3 nitrogen and oxygen atoms in total. The van der Waals surface area contributed by atoms with Gasteiger partial charge in [-0.05, 0) is 86.9 Å². The number of fused-ring (bicyclic) bond motifs is 1. The fraction of sp³-hybridized carbons (Fsp3) is 0.458. The third kappa shape index (κ3) is 5.82. The molecule has 0 saturated heterocycles. The molecule has 0 radical (unpaired) electrons. The smallest absolute Gasteiger partial charge is 0.328 e.